The molecule has 3 rings (SSSR count). The van der Waals surface area contributed by atoms with E-state index in [1.54, 1.807) is 36.5 Å². The van der Waals surface area contributed by atoms with E-state index >= 15 is 0 Å². The number of aromatic nitrogens is 3. The Hall–Kier alpha value is -2.09. The monoisotopic (exact) mass is 368 g/mol. The molecule has 1 N–H and O–H groups in total. The van der Waals surface area contributed by atoms with Crippen LogP contribution in [-0.4, -0.2) is 23.0 Å². The Balaban J connectivity index is 1.98. The SMILES string of the molecule is O=S(=O)(Nc1ccc(Cl)cc1)c1cccn1-c1nccc(Cl)n1. The summed E-state index contributed by atoms with van der Waals surface area (Å²) >= 11 is 11.6. The summed E-state index contributed by atoms with van der Waals surface area (Å²) < 4.78 is 29.0. The van der Waals surface area contributed by atoms with Crippen LogP contribution in [0.4, 0.5) is 5.69 Å². The van der Waals surface area contributed by atoms with Gasteiger partial charge in [0.15, 0.2) is 5.03 Å². The van der Waals surface area contributed by atoms with E-state index in [4.69, 9.17) is 23.2 Å². The molecular weight excluding hydrogens is 359 g/mol. The van der Waals surface area contributed by atoms with Crippen molar-refractivity contribution in [2.24, 2.45) is 0 Å². The molecule has 0 aliphatic rings. The molecule has 0 unspecified atom stereocenters. The van der Waals surface area contributed by atoms with Crippen LogP contribution in [0.2, 0.25) is 10.2 Å². The molecule has 0 bridgehead atoms. The second-order valence-corrected chi connectivity index (χ2v) is 6.96. The zero-order valence-electron chi connectivity index (χ0n) is 11.5. The lowest BCUT2D eigenvalue weighted by molar-refractivity contribution is 0.593. The van der Waals surface area contributed by atoms with Crippen LogP contribution in [0.1, 0.15) is 0 Å². The van der Waals surface area contributed by atoms with Crippen molar-refractivity contribution in [1.82, 2.24) is 14.5 Å². The van der Waals surface area contributed by atoms with Crippen molar-refractivity contribution < 1.29 is 8.42 Å². The zero-order chi connectivity index (χ0) is 16.4. The van der Waals surface area contributed by atoms with Crippen LogP contribution >= 0.6 is 23.2 Å². The molecule has 0 aliphatic carbocycles. The smallest absolute Gasteiger partial charge is 0.278 e. The van der Waals surface area contributed by atoms with Gasteiger partial charge in [-0.2, -0.15) is 8.42 Å². The fraction of sp³-hybridized carbons (Fsp3) is 0. The lowest BCUT2D eigenvalue weighted by Crippen LogP contribution is -2.17. The first kappa shape index (κ1) is 15.8. The molecule has 2 heterocycles. The van der Waals surface area contributed by atoms with E-state index < -0.39 is 10.0 Å². The molecule has 0 fully saturated rings. The van der Waals surface area contributed by atoms with Crippen molar-refractivity contribution in [1.29, 1.82) is 0 Å². The van der Waals surface area contributed by atoms with E-state index in [-0.39, 0.29) is 16.1 Å². The van der Waals surface area contributed by atoms with Crippen LogP contribution in [0.3, 0.4) is 0 Å². The first-order chi connectivity index (χ1) is 11.0. The number of sulfonamides is 1. The molecule has 23 heavy (non-hydrogen) atoms. The minimum absolute atomic E-state index is 0.00489. The molecule has 0 atom stereocenters. The standard InChI is InChI=1S/C14H10Cl2N4O2S/c15-10-3-5-11(6-4-10)19-23(21,22)13-2-1-9-20(13)14-17-8-7-12(16)18-14/h1-9,19H. The summed E-state index contributed by atoms with van der Waals surface area (Å²) in [6.07, 6.45) is 3.00. The Morgan fingerprint density at radius 1 is 1.04 bits per heavy atom. The molecule has 0 radical (unpaired) electrons. The topological polar surface area (TPSA) is 76.9 Å². The predicted octanol–water partition coefficient (Wildman–Crippen LogP) is 3.37. The van der Waals surface area contributed by atoms with Crippen LogP contribution in [0.5, 0.6) is 0 Å². The average molecular weight is 369 g/mol. The molecular formula is C14H10Cl2N4O2S. The molecule has 3 aromatic rings. The highest BCUT2D eigenvalue weighted by molar-refractivity contribution is 7.92. The van der Waals surface area contributed by atoms with E-state index in [0.717, 1.165) is 0 Å². The third-order valence-corrected chi connectivity index (χ3v) is 4.76. The van der Waals surface area contributed by atoms with Gasteiger partial charge in [0.1, 0.15) is 5.15 Å². The first-order valence-corrected chi connectivity index (χ1v) is 8.64. The highest BCUT2D eigenvalue weighted by Gasteiger charge is 2.20. The Morgan fingerprint density at radius 2 is 1.78 bits per heavy atom. The van der Waals surface area contributed by atoms with Crippen molar-refractivity contribution in [3.05, 3.63) is 65.0 Å². The normalized spacial score (nSPS) is 11.4. The second kappa shape index (κ2) is 6.19. The second-order valence-electron chi connectivity index (χ2n) is 4.51. The Bertz CT molecular complexity index is 939. The van der Waals surface area contributed by atoms with Crippen molar-refractivity contribution in [2.75, 3.05) is 4.72 Å². The zero-order valence-corrected chi connectivity index (χ0v) is 13.8. The maximum atomic E-state index is 12.6. The molecule has 2 aromatic heterocycles. The lowest BCUT2D eigenvalue weighted by atomic mass is 10.3. The molecule has 0 amide bonds. The van der Waals surface area contributed by atoms with E-state index in [1.165, 1.54) is 22.9 Å². The minimum atomic E-state index is -3.83. The van der Waals surface area contributed by atoms with Crippen molar-refractivity contribution >= 4 is 38.9 Å². The lowest BCUT2D eigenvalue weighted by Gasteiger charge is -2.10. The van der Waals surface area contributed by atoms with Gasteiger partial charge in [0.05, 0.1) is 0 Å². The van der Waals surface area contributed by atoms with Crippen molar-refractivity contribution in [3.63, 3.8) is 0 Å². The quantitative estimate of drug-likeness (QED) is 0.716. The van der Waals surface area contributed by atoms with Crippen LogP contribution in [0, 0.1) is 0 Å². The van der Waals surface area contributed by atoms with E-state index in [9.17, 15) is 8.42 Å². The van der Waals surface area contributed by atoms with Gasteiger partial charge >= 0.3 is 0 Å². The molecule has 0 saturated carbocycles. The van der Waals surface area contributed by atoms with Gasteiger partial charge in [0, 0.05) is 23.1 Å². The maximum absolute atomic E-state index is 12.6. The molecule has 0 saturated heterocycles. The Morgan fingerprint density at radius 3 is 2.48 bits per heavy atom. The number of benzene rings is 1. The molecule has 9 heteroatoms. The van der Waals surface area contributed by atoms with Crippen molar-refractivity contribution in [2.45, 2.75) is 5.03 Å². The number of hydrogen-bond donors (Lipinski definition) is 1. The van der Waals surface area contributed by atoms with Crippen LogP contribution in [0.25, 0.3) is 5.95 Å². The summed E-state index contributed by atoms with van der Waals surface area (Å²) in [6, 6.07) is 10.9. The number of anilines is 1. The Kier molecular flexibility index (Phi) is 4.25. The minimum Gasteiger partial charge on any atom is -0.278 e. The highest BCUT2D eigenvalue weighted by atomic mass is 35.5. The molecule has 6 nitrogen and oxygen atoms in total. The van der Waals surface area contributed by atoms with E-state index in [0.29, 0.717) is 10.7 Å². The van der Waals surface area contributed by atoms with Crippen LogP contribution in [0.15, 0.2) is 59.9 Å². The highest BCUT2D eigenvalue weighted by Crippen LogP contribution is 2.20. The summed E-state index contributed by atoms with van der Waals surface area (Å²) in [4.78, 5) is 8.05. The summed E-state index contributed by atoms with van der Waals surface area (Å²) in [5.74, 6) is 0.166. The largest absolute Gasteiger partial charge is 0.278 e. The molecule has 0 aliphatic heterocycles. The summed E-state index contributed by atoms with van der Waals surface area (Å²) in [5, 5.41) is 0.732. The van der Waals surface area contributed by atoms with Crippen molar-refractivity contribution in [3.8, 4) is 5.95 Å². The van der Waals surface area contributed by atoms with Gasteiger partial charge < -0.3 is 0 Å². The van der Waals surface area contributed by atoms with Crippen LogP contribution in [-0.2, 0) is 10.0 Å². The van der Waals surface area contributed by atoms with Gasteiger partial charge in [0.25, 0.3) is 10.0 Å². The number of halogens is 2. The number of nitrogens with one attached hydrogen (secondary N) is 1. The van der Waals surface area contributed by atoms with Crippen LogP contribution < -0.4 is 4.72 Å². The van der Waals surface area contributed by atoms with E-state index in [2.05, 4.69) is 14.7 Å². The van der Waals surface area contributed by atoms with Gasteiger partial charge in [-0.05, 0) is 42.5 Å². The van der Waals surface area contributed by atoms with Gasteiger partial charge in [-0.25, -0.2) is 9.97 Å². The van der Waals surface area contributed by atoms with Gasteiger partial charge in [-0.3, -0.25) is 9.29 Å². The molecule has 0 spiro atoms. The molecule has 118 valence electrons. The van der Waals surface area contributed by atoms with Gasteiger partial charge in [-0.1, -0.05) is 23.2 Å². The predicted molar refractivity (Wildman–Crippen MR) is 88.6 cm³/mol. The Labute approximate surface area is 142 Å². The summed E-state index contributed by atoms with van der Waals surface area (Å²) in [5.41, 5.74) is 0.397. The maximum Gasteiger partial charge on any atom is 0.278 e. The average Bonchev–Trinajstić information content (AvgIpc) is 3.00. The third-order valence-electron chi connectivity index (χ3n) is 2.91. The summed E-state index contributed by atoms with van der Waals surface area (Å²) in [7, 11) is -3.83. The number of rotatable bonds is 4. The fourth-order valence-electron chi connectivity index (χ4n) is 1.92. The van der Waals surface area contributed by atoms with Gasteiger partial charge in [-0.15, -0.1) is 0 Å². The number of hydrogen-bond acceptors (Lipinski definition) is 4. The summed E-state index contributed by atoms with van der Waals surface area (Å²) in [6.45, 7) is 0. The fourth-order valence-corrected chi connectivity index (χ4v) is 3.39. The molecule has 1 aromatic carbocycles. The third kappa shape index (κ3) is 3.47. The number of nitrogens with zero attached hydrogens (tertiary/aromatic N) is 3. The first-order valence-electron chi connectivity index (χ1n) is 6.40. The van der Waals surface area contributed by atoms with Gasteiger partial charge in [0.2, 0.25) is 5.95 Å². The van der Waals surface area contributed by atoms with E-state index in [1.807, 2.05) is 0 Å².